The molecule has 0 spiro atoms. The van der Waals surface area contributed by atoms with Crippen LogP contribution >= 0.6 is 12.4 Å². The number of benzene rings is 1. The Hall–Kier alpha value is -1.17. The van der Waals surface area contributed by atoms with Crippen LogP contribution in [0.4, 0.5) is 10.1 Å². The monoisotopic (exact) mass is 276 g/mol. The average Bonchev–Trinajstić information content (AvgIpc) is 2.35. The number of nitrogens with zero attached hydrogens (tertiary/aromatic N) is 1. The molecule has 102 valence electrons. The van der Waals surface area contributed by atoms with Gasteiger partial charge in [0.15, 0.2) is 0 Å². The van der Waals surface area contributed by atoms with E-state index in [4.69, 9.17) is 10.5 Å². The molecule has 1 atom stereocenters. The fraction of sp³-hybridized carbons (Fsp3) is 0.417. The maximum absolute atomic E-state index is 12.7. The normalized spacial score (nSPS) is 11.6. The molecule has 0 aliphatic rings. The van der Waals surface area contributed by atoms with E-state index in [1.54, 1.807) is 19.2 Å². The summed E-state index contributed by atoms with van der Waals surface area (Å²) in [5.41, 5.74) is 6.09. The number of methoxy groups -OCH3 is 1. The van der Waals surface area contributed by atoms with E-state index < -0.39 is 0 Å². The average molecular weight is 277 g/mol. The molecular weight excluding hydrogens is 259 g/mol. The molecule has 1 rings (SSSR count). The molecule has 18 heavy (non-hydrogen) atoms. The maximum Gasteiger partial charge on any atom is 0.229 e. The zero-order chi connectivity index (χ0) is 12.8. The molecule has 1 aromatic carbocycles. The largest absolute Gasteiger partial charge is 0.380 e. The lowest BCUT2D eigenvalue weighted by Gasteiger charge is -2.20. The summed E-state index contributed by atoms with van der Waals surface area (Å²) >= 11 is 0. The van der Waals surface area contributed by atoms with Crippen LogP contribution in [-0.2, 0) is 9.53 Å². The molecule has 0 bridgehead atoms. The van der Waals surface area contributed by atoms with Gasteiger partial charge in [-0.15, -0.1) is 12.4 Å². The summed E-state index contributed by atoms with van der Waals surface area (Å²) in [4.78, 5) is 13.3. The summed E-state index contributed by atoms with van der Waals surface area (Å²) in [7, 11) is 3.15. The minimum atomic E-state index is -0.327. The van der Waals surface area contributed by atoms with Crippen LogP contribution in [0, 0.1) is 5.82 Å². The maximum atomic E-state index is 12.7. The van der Waals surface area contributed by atoms with Crippen molar-refractivity contribution in [2.45, 2.75) is 12.5 Å². The standard InChI is InChI=1S/C12H17FN2O2.ClH/c1-15(10-5-3-9(13)4-6-10)12(16)7-11(8-14)17-2;/h3-6,11H,7-8,14H2,1-2H3;1H. The molecule has 0 saturated carbocycles. The van der Waals surface area contributed by atoms with Gasteiger partial charge in [-0.2, -0.15) is 0 Å². The van der Waals surface area contributed by atoms with Crippen LogP contribution in [0.15, 0.2) is 24.3 Å². The first-order valence-electron chi connectivity index (χ1n) is 5.33. The summed E-state index contributed by atoms with van der Waals surface area (Å²) in [5.74, 6) is -0.444. The van der Waals surface area contributed by atoms with Gasteiger partial charge in [0.25, 0.3) is 0 Å². The van der Waals surface area contributed by atoms with E-state index in [2.05, 4.69) is 0 Å². The van der Waals surface area contributed by atoms with E-state index in [1.165, 1.54) is 24.1 Å². The van der Waals surface area contributed by atoms with Crippen molar-refractivity contribution < 1.29 is 13.9 Å². The number of hydrogen-bond acceptors (Lipinski definition) is 3. The summed E-state index contributed by atoms with van der Waals surface area (Å²) in [6, 6.07) is 5.74. The first kappa shape index (κ1) is 16.8. The van der Waals surface area contributed by atoms with Gasteiger partial charge in [-0.3, -0.25) is 4.79 Å². The molecule has 0 aliphatic carbocycles. The van der Waals surface area contributed by atoms with Gasteiger partial charge in [0.2, 0.25) is 5.91 Å². The van der Waals surface area contributed by atoms with Gasteiger partial charge >= 0.3 is 0 Å². The zero-order valence-corrected chi connectivity index (χ0v) is 11.2. The highest BCUT2D eigenvalue weighted by Gasteiger charge is 2.16. The Labute approximate surface area is 112 Å². The number of ether oxygens (including phenoxy) is 1. The summed E-state index contributed by atoms with van der Waals surface area (Å²) in [6.45, 7) is 0.291. The van der Waals surface area contributed by atoms with E-state index >= 15 is 0 Å². The van der Waals surface area contributed by atoms with E-state index in [1.807, 2.05) is 0 Å². The highest BCUT2D eigenvalue weighted by molar-refractivity contribution is 5.93. The Bertz CT molecular complexity index is 369. The number of rotatable bonds is 5. The van der Waals surface area contributed by atoms with Crippen molar-refractivity contribution in [3.63, 3.8) is 0 Å². The lowest BCUT2D eigenvalue weighted by molar-refractivity contribution is -0.120. The van der Waals surface area contributed by atoms with Gasteiger partial charge in [0.1, 0.15) is 5.82 Å². The molecule has 0 saturated heterocycles. The Morgan fingerprint density at radius 3 is 2.44 bits per heavy atom. The molecule has 0 aliphatic heterocycles. The lowest BCUT2D eigenvalue weighted by atomic mass is 10.2. The Balaban J connectivity index is 0.00000289. The van der Waals surface area contributed by atoms with E-state index in [0.717, 1.165) is 0 Å². The topological polar surface area (TPSA) is 55.6 Å². The summed E-state index contributed by atoms with van der Waals surface area (Å²) in [6.07, 6.45) is -0.0775. The molecule has 1 unspecified atom stereocenters. The Kier molecular flexibility index (Phi) is 7.50. The number of anilines is 1. The van der Waals surface area contributed by atoms with E-state index in [-0.39, 0.29) is 36.7 Å². The number of halogens is 2. The molecule has 4 nitrogen and oxygen atoms in total. The van der Waals surface area contributed by atoms with Crippen LogP contribution in [0.3, 0.4) is 0 Å². The quantitative estimate of drug-likeness (QED) is 0.888. The highest BCUT2D eigenvalue weighted by atomic mass is 35.5. The zero-order valence-electron chi connectivity index (χ0n) is 10.4. The highest BCUT2D eigenvalue weighted by Crippen LogP contribution is 2.14. The molecule has 2 N–H and O–H groups in total. The van der Waals surface area contributed by atoms with E-state index in [0.29, 0.717) is 12.2 Å². The molecule has 0 heterocycles. The number of hydrogen-bond donors (Lipinski definition) is 1. The van der Waals surface area contributed by atoms with Gasteiger partial charge < -0.3 is 15.4 Å². The molecule has 6 heteroatoms. The van der Waals surface area contributed by atoms with Gasteiger partial charge in [0.05, 0.1) is 12.5 Å². The van der Waals surface area contributed by atoms with Crippen LogP contribution in [0.1, 0.15) is 6.42 Å². The predicted octanol–water partition coefficient (Wildman–Crippen LogP) is 1.57. The first-order chi connectivity index (χ1) is 8.08. The SMILES string of the molecule is COC(CN)CC(=O)N(C)c1ccc(F)cc1.Cl. The van der Waals surface area contributed by atoms with Gasteiger partial charge in [-0.05, 0) is 24.3 Å². The van der Waals surface area contributed by atoms with Gasteiger partial charge in [-0.25, -0.2) is 4.39 Å². The Morgan fingerprint density at radius 2 is 2.00 bits per heavy atom. The summed E-state index contributed by atoms with van der Waals surface area (Å²) < 4.78 is 17.8. The molecule has 0 aromatic heterocycles. The van der Waals surface area contributed by atoms with Gasteiger partial charge in [-0.1, -0.05) is 0 Å². The van der Waals surface area contributed by atoms with E-state index in [9.17, 15) is 9.18 Å². The Morgan fingerprint density at radius 1 is 1.44 bits per heavy atom. The number of carbonyl (C=O) groups excluding carboxylic acids is 1. The molecule has 0 radical (unpaired) electrons. The second-order valence-corrected chi connectivity index (χ2v) is 3.73. The third-order valence-corrected chi connectivity index (χ3v) is 2.59. The van der Waals surface area contributed by atoms with Crippen LogP contribution in [0.2, 0.25) is 0 Å². The number of carbonyl (C=O) groups is 1. The third-order valence-electron chi connectivity index (χ3n) is 2.59. The fourth-order valence-electron chi connectivity index (χ4n) is 1.40. The second kappa shape index (κ2) is 8.02. The van der Waals surface area contributed by atoms with Crippen LogP contribution < -0.4 is 10.6 Å². The number of amides is 1. The van der Waals surface area contributed by atoms with Crippen molar-refractivity contribution in [1.29, 1.82) is 0 Å². The van der Waals surface area contributed by atoms with Crippen molar-refractivity contribution in [3.8, 4) is 0 Å². The minimum absolute atomic E-state index is 0. The van der Waals surface area contributed by atoms with Crippen LogP contribution in [0.5, 0.6) is 0 Å². The van der Waals surface area contributed by atoms with Crippen molar-refractivity contribution in [3.05, 3.63) is 30.1 Å². The van der Waals surface area contributed by atoms with Crippen molar-refractivity contribution in [2.75, 3.05) is 25.6 Å². The van der Waals surface area contributed by atoms with Crippen LogP contribution in [0.25, 0.3) is 0 Å². The van der Waals surface area contributed by atoms with Crippen LogP contribution in [-0.4, -0.2) is 32.7 Å². The van der Waals surface area contributed by atoms with Gasteiger partial charge in [0, 0.05) is 26.4 Å². The summed E-state index contributed by atoms with van der Waals surface area (Å²) in [5, 5.41) is 0. The fourth-order valence-corrected chi connectivity index (χ4v) is 1.40. The van der Waals surface area contributed by atoms with Crippen molar-refractivity contribution >= 4 is 24.0 Å². The molecular formula is C12H18ClFN2O2. The van der Waals surface area contributed by atoms with Crippen molar-refractivity contribution in [1.82, 2.24) is 0 Å². The number of nitrogens with two attached hydrogens (primary N) is 1. The smallest absolute Gasteiger partial charge is 0.229 e. The first-order valence-corrected chi connectivity index (χ1v) is 5.33. The molecule has 1 amide bonds. The predicted molar refractivity (Wildman–Crippen MR) is 71.5 cm³/mol. The molecule has 0 fully saturated rings. The minimum Gasteiger partial charge on any atom is -0.380 e. The lowest BCUT2D eigenvalue weighted by Crippen LogP contribution is -2.33. The third kappa shape index (κ3) is 4.60. The second-order valence-electron chi connectivity index (χ2n) is 3.73. The molecule has 1 aromatic rings. The van der Waals surface area contributed by atoms with Crippen molar-refractivity contribution in [2.24, 2.45) is 5.73 Å².